The molecule has 1 aromatic carbocycles. The molecule has 0 bridgehead atoms. The van der Waals surface area contributed by atoms with Crippen molar-refractivity contribution in [3.05, 3.63) is 35.9 Å². The lowest BCUT2D eigenvalue weighted by Crippen LogP contribution is -2.45. The van der Waals surface area contributed by atoms with Gasteiger partial charge >= 0.3 is 6.09 Å². The maximum Gasteiger partial charge on any atom is 0.408 e. The molecular formula is C14H19NO4. The number of ketones is 1. The van der Waals surface area contributed by atoms with Crippen molar-refractivity contribution in [1.29, 1.82) is 0 Å². The van der Waals surface area contributed by atoms with E-state index < -0.39 is 24.3 Å². The molecule has 0 radical (unpaired) electrons. The van der Waals surface area contributed by atoms with Gasteiger partial charge in [-0.05, 0) is 20.8 Å². The normalized spacial score (nSPS) is 12.6. The molecule has 0 heterocycles. The van der Waals surface area contributed by atoms with E-state index in [1.54, 1.807) is 51.1 Å². The second kappa shape index (κ2) is 6.33. The second-order valence-electron chi connectivity index (χ2n) is 5.11. The molecule has 0 fully saturated rings. The topological polar surface area (TPSA) is 75.6 Å². The molecule has 0 aliphatic heterocycles. The van der Waals surface area contributed by atoms with Crippen molar-refractivity contribution in [3.8, 4) is 0 Å². The third-order valence-corrected chi connectivity index (χ3v) is 2.25. The van der Waals surface area contributed by atoms with E-state index in [4.69, 9.17) is 4.74 Å². The summed E-state index contributed by atoms with van der Waals surface area (Å²) in [7, 11) is 0. The number of aliphatic hydroxyl groups is 1. The van der Waals surface area contributed by atoms with Crippen LogP contribution in [0.25, 0.3) is 0 Å². The smallest absolute Gasteiger partial charge is 0.408 e. The Labute approximate surface area is 112 Å². The Balaban J connectivity index is 2.69. The van der Waals surface area contributed by atoms with E-state index in [1.165, 1.54) is 0 Å². The Hall–Kier alpha value is -1.88. The zero-order valence-electron chi connectivity index (χ0n) is 11.3. The molecular weight excluding hydrogens is 246 g/mol. The number of Topliss-reactive ketones (excluding diaryl/α,β-unsaturated/α-hetero) is 1. The minimum absolute atomic E-state index is 0.353. The van der Waals surface area contributed by atoms with Gasteiger partial charge in [-0.25, -0.2) is 4.79 Å². The fraction of sp³-hybridized carbons (Fsp3) is 0.429. The lowest BCUT2D eigenvalue weighted by Gasteiger charge is -2.22. The molecule has 0 saturated heterocycles. The molecule has 0 saturated carbocycles. The third-order valence-electron chi connectivity index (χ3n) is 2.25. The SMILES string of the molecule is CC(C)(C)OC(=O)NC(CO)C(=O)c1ccccc1. The summed E-state index contributed by atoms with van der Waals surface area (Å²) in [4.78, 5) is 23.6. The van der Waals surface area contributed by atoms with Crippen LogP contribution in [0.3, 0.4) is 0 Å². The van der Waals surface area contributed by atoms with Crippen LogP contribution in [-0.2, 0) is 4.74 Å². The first-order valence-electron chi connectivity index (χ1n) is 6.03. The van der Waals surface area contributed by atoms with Crippen molar-refractivity contribution in [1.82, 2.24) is 5.32 Å². The van der Waals surface area contributed by atoms with Gasteiger partial charge in [0.25, 0.3) is 0 Å². The largest absolute Gasteiger partial charge is 0.444 e. The van der Waals surface area contributed by atoms with Gasteiger partial charge in [0, 0.05) is 5.56 Å². The highest BCUT2D eigenvalue weighted by Crippen LogP contribution is 2.08. The molecule has 1 unspecified atom stereocenters. The molecule has 1 aromatic rings. The zero-order valence-corrected chi connectivity index (χ0v) is 11.3. The van der Waals surface area contributed by atoms with Crippen molar-refractivity contribution >= 4 is 11.9 Å². The first-order chi connectivity index (χ1) is 8.83. The van der Waals surface area contributed by atoms with E-state index in [9.17, 15) is 14.7 Å². The van der Waals surface area contributed by atoms with Gasteiger partial charge in [0.2, 0.25) is 0 Å². The van der Waals surface area contributed by atoms with Crippen molar-refractivity contribution in [2.24, 2.45) is 0 Å². The number of ether oxygens (including phenoxy) is 1. The van der Waals surface area contributed by atoms with Crippen LogP contribution >= 0.6 is 0 Å². The van der Waals surface area contributed by atoms with E-state index in [0.29, 0.717) is 5.56 Å². The highest BCUT2D eigenvalue weighted by atomic mass is 16.6. The molecule has 0 spiro atoms. The van der Waals surface area contributed by atoms with Gasteiger partial charge in [-0.15, -0.1) is 0 Å². The van der Waals surface area contributed by atoms with Crippen LogP contribution < -0.4 is 5.32 Å². The van der Waals surface area contributed by atoms with Crippen molar-refractivity contribution in [2.45, 2.75) is 32.4 Å². The molecule has 104 valence electrons. The van der Waals surface area contributed by atoms with Crippen molar-refractivity contribution < 1.29 is 19.4 Å². The monoisotopic (exact) mass is 265 g/mol. The van der Waals surface area contributed by atoms with E-state index in [0.717, 1.165) is 0 Å². The molecule has 1 amide bonds. The number of alkyl carbamates (subject to hydrolysis) is 1. The lowest BCUT2D eigenvalue weighted by atomic mass is 10.1. The molecule has 0 aromatic heterocycles. The number of carbonyl (C=O) groups is 2. The van der Waals surface area contributed by atoms with Crippen LogP contribution in [0.4, 0.5) is 4.79 Å². The Bertz CT molecular complexity index is 437. The highest BCUT2D eigenvalue weighted by molar-refractivity contribution is 6.01. The molecule has 2 N–H and O–H groups in total. The summed E-state index contributed by atoms with van der Waals surface area (Å²) >= 11 is 0. The van der Waals surface area contributed by atoms with E-state index >= 15 is 0 Å². The predicted octanol–water partition coefficient (Wildman–Crippen LogP) is 1.75. The molecule has 1 rings (SSSR count). The van der Waals surface area contributed by atoms with E-state index in [2.05, 4.69) is 5.32 Å². The number of rotatable bonds is 4. The molecule has 5 nitrogen and oxygen atoms in total. The van der Waals surface area contributed by atoms with Gasteiger partial charge in [0.05, 0.1) is 6.61 Å². The first kappa shape index (κ1) is 15.2. The number of hydrogen-bond donors (Lipinski definition) is 2. The number of amides is 1. The summed E-state index contributed by atoms with van der Waals surface area (Å²) in [5, 5.41) is 11.6. The highest BCUT2D eigenvalue weighted by Gasteiger charge is 2.24. The Kier molecular flexibility index (Phi) is 5.06. The fourth-order valence-corrected chi connectivity index (χ4v) is 1.45. The second-order valence-corrected chi connectivity index (χ2v) is 5.11. The van der Waals surface area contributed by atoms with Crippen LogP contribution in [0.2, 0.25) is 0 Å². The lowest BCUT2D eigenvalue weighted by molar-refractivity contribution is 0.0467. The number of nitrogens with one attached hydrogen (secondary N) is 1. The standard InChI is InChI=1S/C14H19NO4/c1-14(2,3)19-13(18)15-11(9-16)12(17)10-7-5-4-6-8-10/h4-8,11,16H,9H2,1-3H3,(H,15,18). The summed E-state index contributed by atoms with van der Waals surface area (Å²) in [6, 6.07) is 7.47. The van der Waals surface area contributed by atoms with Crippen LogP contribution in [-0.4, -0.2) is 35.2 Å². The number of hydrogen-bond acceptors (Lipinski definition) is 4. The minimum Gasteiger partial charge on any atom is -0.444 e. The van der Waals surface area contributed by atoms with Gasteiger partial charge < -0.3 is 15.2 Å². The summed E-state index contributed by atoms with van der Waals surface area (Å²) in [5.41, 5.74) is -0.225. The van der Waals surface area contributed by atoms with E-state index in [-0.39, 0.29) is 5.78 Å². The van der Waals surface area contributed by atoms with Gasteiger partial charge in [-0.1, -0.05) is 30.3 Å². The Morgan fingerprint density at radius 3 is 2.32 bits per heavy atom. The number of aliphatic hydroxyl groups excluding tert-OH is 1. The summed E-state index contributed by atoms with van der Waals surface area (Å²) in [6.45, 7) is 4.69. The predicted molar refractivity (Wildman–Crippen MR) is 71.0 cm³/mol. The van der Waals surface area contributed by atoms with Crippen LogP contribution in [0, 0.1) is 0 Å². The van der Waals surface area contributed by atoms with Gasteiger partial charge in [0.1, 0.15) is 11.6 Å². The Morgan fingerprint density at radius 2 is 1.84 bits per heavy atom. The van der Waals surface area contributed by atoms with Crippen LogP contribution in [0.1, 0.15) is 31.1 Å². The van der Waals surface area contributed by atoms with Gasteiger partial charge in [-0.3, -0.25) is 4.79 Å². The van der Waals surface area contributed by atoms with Crippen LogP contribution in [0.15, 0.2) is 30.3 Å². The molecule has 5 heteroatoms. The Morgan fingerprint density at radius 1 is 1.26 bits per heavy atom. The van der Waals surface area contributed by atoms with Crippen LogP contribution in [0.5, 0.6) is 0 Å². The van der Waals surface area contributed by atoms with E-state index in [1.807, 2.05) is 0 Å². The maximum atomic E-state index is 12.0. The zero-order chi connectivity index (χ0) is 14.5. The summed E-state index contributed by atoms with van der Waals surface area (Å²) in [6.07, 6.45) is -0.726. The van der Waals surface area contributed by atoms with Crippen molar-refractivity contribution in [2.75, 3.05) is 6.61 Å². The fourth-order valence-electron chi connectivity index (χ4n) is 1.45. The minimum atomic E-state index is -1.00. The maximum absolute atomic E-state index is 12.0. The average Bonchev–Trinajstić information content (AvgIpc) is 2.34. The molecule has 1 atom stereocenters. The van der Waals surface area contributed by atoms with Crippen molar-refractivity contribution in [3.63, 3.8) is 0 Å². The summed E-state index contributed by atoms with van der Waals surface area (Å²) in [5.74, 6) is -0.353. The third kappa shape index (κ3) is 5.09. The first-order valence-corrected chi connectivity index (χ1v) is 6.03. The molecule has 0 aliphatic carbocycles. The summed E-state index contributed by atoms with van der Waals surface area (Å²) < 4.78 is 5.04. The quantitative estimate of drug-likeness (QED) is 0.813. The molecule has 19 heavy (non-hydrogen) atoms. The number of benzene rings is 1. The van der Waals surface area contributed by atoms with Gasteiger partial charge in [0.15, 0.2) is 5.78 Å². The van der Waals surface area contributed by atoms with Gasteiger partial charge in [-0.2, -0.15) is 0 Å². The molecule has 0 aliphatic rings. The number of carbonyl (C=O) groups excluding carboxylic acids is 2. The average molecular weight is 265 g/mol.